The van der Waals surface area contributed by atoms with Crippen LogP contribution in [-0.2, 0) is 6.54 Å². The van der Waals surface area contributed by atoms with Gasteiger partial charge in [-0.3, -0.25) is 10.1 Å². The van der Waals surface area contributed by atoms with Gasteiger partial charge in [-0.25, -0.2) is 0 Å². The normalized spacial score (nSPS) is 10.0. The van der Waals surface area contributed by atoms with Gasteiger partial charge >= 0.3 is 0 Å². The Morgan fingerprint density at radius 2 is 2.35 bits per heavy atom. The molecule has 92 valence electrons. The van der Waals surface area contributed by atoms with Crippen LogP contribution < -0.4 is 10.1 Å². The molecule has 6 heteroatoms. The number of rotatable bonds is 6. The van der Waals surface area contributed by atoms with Gasteiger partial charge < -0.3 is 10.1 Å². The Balaban J connectivity index is 2.82. The molecule has 17 heavy (non-hydrogen) atoms. The van der Waals surface area contributed by atoms with E-state index in [-0.39, 0.29) is 5.69 Å². The molecule has 1 aromatic carbocycles. The summed E-state index contributed by atoms with van der Waals surface area (Å²) in [7, 11) is 1.52. The van der Waals surface area contributed by atoms with E-state index < -0.39 is 4.92 Å². The van der Waals surface area contributed by atoms with Crippen molar-refractivity contribution in [1.29, 1.82) is 0 Å². The van der Waals surface area contributed by atoms with Crippen LogP contribution in [0.5, 0.6) is 5.75 Å². The average molecular weight is 257 g/mol. The molecule has 0 atom stereocenters. The maximum atomic E-state index is 10.6. The standard InChI is InChI=1S/C11H13ClN2O3/c1-8(12)6-13-7-9-5-10(14(15)16)3-4-11(9)17-2/h3-5,13H,1,6-7H2,2H3. The molecule has 0 fully saturated rings. The number of hydrogen-bond donors (Lipinski definition) is 1. The number of halogens is 1. The zero-order valence-corrected chi connectivity index (χ0v) is 10.2. The molecule has 0 aliphatic rings. The maximum absolute atomic E-state index is 10.6. The van der Waals surface area contributed by atoms with Crippen LogP contribution in [-0.4, -0.2) is 18.6 Å². The van der Waals surface area contributed by atoms with Crippen molar-refractivity contribution in [1.82, 2.24) is 5.32 Å². The van der Waals surface area contributed by atoms with E-state index >= 15 is 0 Å². The molecule has 0 spiro atoms. The lowest BCUT2D eigenvalue weighted by Crippen LogP contribution is -2.15. The third-order valence-electron chi connectivity index (χ3n) is 2.11. The minimum atomic E-state index is -0.441. The largest absolute Gasteiger partial charge is 0.496 e. The molecule has 1 aromatic rings. The number of hydrogen-bond acceptors (Lipinski definition) is 4. The quantitative estimate of drug-likeness (QED) is 0.627. The predicted molar refractivity (Wildman–Crippen MR) is 66.3 cm³/mol. The fourth-order valence-electron chi connectivity index (χ4n) is 1.35. The van der Waals surface area contributed by atoms with E-state index in [0.717, 1.165) is 0 Å². The van der Waals surface area contributed by atoms with Crippen molar-refractivity contribution >= 4 is 17.3 Å². The number of ether oxygens (including phenoxy) is 1. The van der Waals surface area contributed by atoms with Gasteiger partial charge in [-0.1, -0.05) is 18.2 Å². The SMILES string of the molecule is C=C(Cl)CNCc1cc([N+](=O)[O-])ccc1OC. The second-order valence-electron chi connectivity index (χ2n) is 3.37. The summed E-state index contributed by atoms with van der Waals surface area (Å²) in [6.45, 7) is 4.40. The first kappa shape index (κ1) is 13.5. The lowest BCUT2D eigenvalue weighted by molar-refractivity contribution is -0.384. The van der Waals surface area contributed by atoms with E-state index in [1.165, 1.54) is 19.2 Å². The van der Waals surface area contributed by atoms with Gasteiger partial charge in [0, 0.05) is 35.8 Å². The van der Waals surface area contributed by atoms with Crippen LogP contribution in [0.25, 0.3) is 0 Å². The molecule has 0 saturated carbocycles. The van der Waals surface area contributed by atoms with E-state index in [1.54, 1.807) is 6.07 Å². The van der Waals surface area contributed by atoms with Crippen LogP contribution >= 0.6 is 11.6 Å². The topological polar surface area (TPSA) is 64.4 Å². The van der Waals surface area contributed by atoms with Crippen molar-refractivity contribution in [2.24, 2.45) is 0 Å². The smallest absolute Gasteiger partial charge is 0.270 e. The highest BCUT2D eigenvalue weighted by Crippen LogP contribution is 2.23. The second kappa shape index (κ2) is 6.22. The highest BCUT2D eigenvalue weighted by molar-refractivity contribution is 6.29. The molecule has 0 aliphatic heterocycles. The molecule has 1 rings (SSSR count). The predicted octanol–water partition coefficient (Wildman–Crippen LogP) is 2.45. The highest BCUT2D eigenvalue weighted by Gasteiger charge is 2.10. The summed E-state index contributed by atoms with van der Waals surface area (Å²) >= 11 is 5.60. The molecule has 0 radical (unpaired) electrons. The first-order valence-electron chi connectivity index (χ1n) is 4.90. The van der Waals surface area contributed by atoms with E-state index in [0.29, 0.717) is 29.4 Å². The number of benzene rings is 1. The summed E-state index contributed by atoms with van der Waals surface area (Å²) < 4.78 is 5.12. The molecule has 0 bridgehead atoms. The molecule has 0 saturated heterocycles. The van der Waals surface area contributed by atoms with Gasteiger partial charge in [0.15, 0.2) is 0 Å². The summed E-state index contributed by atoms with van der Waals surface area (Å²) in [5, 5.41) is 14.1. The van der Waals surface area contributed by atoms with Crippen LogP contribution in [0.1, 0.15) is 5.56 Å². The molecular weight excluding hydrogens is 244 g/mol. The summed E-state index contributed by atoms with van der Waals surface area (Å²) in [4.78, 5) is 10.2. The van der Waals surface area contributed by atoms with Crippen molar-refractivity contribution in [3.05, 3.63) is 45.5 Å². The van der Waals surface area contributed by atoms with Crippen molar-refractivity contribution in [3.8, 4) is 5.75 Å². The van der Waals surface area contributed by atoms with Gasteiger partial charge in [-0.05, 0) is 6.07 Å². The Bertz CT molecular complexity index is 435. The molecule has 0 aromatic heterocycles. The van der Waals surface area contributed by atoms with Gasteiger partial charge in [0.05, 0.1) is 12.0 Å². The van der Waals surface area contributed by atoms with E-state index in [4.69, 9.17) is 16.3 Å². The Labute approximate surface area is 104 Å². The van der Waals surface area contributed by atoms with E-state index in [2.05, 4.69) is 11.9 Å². The number of nitrogens with zero attached hydrogens (tertiary/aromatic N) is 1. The Morgan fingerprint density at radius 3 is 2.88 bits per heavy atom. The van der Waals surface area contributed by atoms with Crippen LogP contribution in [0.2, 0.25) is 0 Å². The molecule has 5 nitrogen and oxygen atoms in total. The minimum absolute atomic E-state index is 0.0345. The zero-order chi connectivity index (χ0) is 12.8. The van der Waals surface area contributed by atoms with Gasteiger partial charge in [0.25, 0.3) is 5.69 Å². The van der Waals surface area contributed by atoms with Crippen molar-refractivity contribution in [2.75, 3.05) is 13.7 Å². The number of nitro groups is 1. The van der Waals surface area contributed by atoms with Crippen molar-refractivity contribution in [3.63, 3.8) is 0 Å². The summed E-state index contributed by atoms with van der Waals surface area (Å²) in [5.74, 6) is 0.600. The van der Waals surface area contributed by atoms with Gasteiger partial charge in [-0.2, -0.15) is 0 Å². The first-order valence-corrected chi connectivity index (χ1v) is 5.27. The monoisotopic (exact) mass is 256 g/mol. The van der Waals surface area contributed by atoms with Crippen LogP contribution in [0, 0.1) is 10.1 Å². The van der Waals surface area contributed by atoms with Crippen LogP contribution in [0.4, 0.5) is 5.69 Å². The summed E-state index contributed by atoms with van der Waals surface area (Å²) in [5.41, 5.74) is 0.743. The first-order chi connectivity index (χ1) is 8.04. The lowest BCUT2D eigenvalue weighted by Gasteiger charge is -2.09. The van der Waals surface area contributed by atoms with Crippen LogP contribution in [0.3, 0.4) is 0 Å². The van der Waals surface area contributed by atoms with Gasteiger partial charge in [-0.15, -0.1) is 0 Å². The molecule has 0 amide bonds. The van der Waals surface area contributed by atoms with Crippen LogP contribution in [0.15, 0.2) is 29.8 Å². The number of nitro benzene ring substituents is 1. The highest BCUT2D eigenvalue weighted by atomic mass is 35.5. The minimum Gasteiger partial charge on any atom is -0.496 e. The summed E-state index contributed by atoms with van der Waals surface area (Å²) in [6, 6.07) is 4.45. The molecule has 1 N–H and O–H groups in total. The lowest BCUT2D eigenvalue weighted by atomic mass is 10.1. The van der Waals surface area contributed by atoms with E-state index in [1.807, 2.05) is 0 Å². The number of non-ortho nitro benzene ring substituents is 1. The number of nitrogens with one attached hydrogen (secondary N) is 1. The average Bonchev–Trinajstić information content (AvgIpc) is 2.28. The molecular formula is C11H13ClN2O3. The molecule has 0 unspecified atom stereocenters. The molecule has 0 heterocycles. The fraction of sp³-hybridized carbons (Fsp3) is 0.273. The Kier molecular flexibility index (Phi) is 4.93. The third kappa shape index (κ3) is 4.05. The third-order valence-corrected chi connectivity index (χ3v) is 2.24. The van der Waals surface area contributed by atoms with E-state index in [9.17, 15) is 10.1 Å². The van der Waals surface area contributed by atoms with Crippen molar-refractivity contribution < 1.29 is 9.66 Å². The summed E-state index contributed by atoms with van der Waals surface area (Å²) in [6.07, 6.45) is 0. The zero-order valence-electron chi connectivity index (χ0n) is 9.40. The van der Waals surface area contributed by atoms with Crippen molar-refractivity contribution in [2.45, 2.75) is 6.54 Å². The Hall–Kier alpha value is -1.59. The maximum Gasteiger partial charge on any atom is 0.270 e. The number of methoxy groups -OCH3 is 1. The van der Waals surface area contributed by atoms with Gasteiger partial charge in [0.2, 0.25) is 0 Å². The van der Waals surface area contributed by atoms with Gasteiger partial charge in [0.1, 0.15) is 5.75 Å². The Morgan fingerprint density at radius 1 is 1.65 bits per heavy atom. The fourth-order valence-corrected chi connectivity index (χ4v) is 1.44. The molecule has 0 aliphatic carbocycles. The second-order valence-corrected chi connectivity index (χ2v) is 3.91.